The van der Waals surface area contributed by atoms with Crippen LogP contribution in [0.15, 0.2) is 42.5 Å². The number of halogens is 1. The largest absolute Gasteiger partial charge is 0.489 e. The highest BCUT2D eigenvalue weighted by molar-refractivity contribution is 5.87. The number of carbonyl (C=O) groups is 1. The number of nitriles is 1. The lowest BCUT2D eigenvalue weighted by Crippen LogP contribution is -2.00. The summed E-state index contributed by atoms with van der Waals surface area (Å²) in [7, 11) is 0. The summed E-state index contributed by atoms with van der Waals surface area (Å²) in [5.41, 5.74) is 0.945. The fourth-order valence-corrected chi connectivity index (χ4v) is 1.63. The Morgan fingerprint density at radius 1 is 1.25 bits per heavy atom. The third-order valence-electron chi connectivity index (χ3n) is 2.69. The fourth-order valence-electron chi connectivity index (χ4n) is 1.63. The molecule has 0 heterocycles. The SMILES string of the molecule is N#Cc1cc(F)ccc1COc1ccc(C(=O)O)cc1. The molecule has 2 rings (SSSR count). The molecule has 0 saturated carbocycles. The maximum atomic E-state index is 13.0. The molecule has 2 aromatic rings. The second-order valence-corrected chi connectivity index (χ2v) is 4.03. The van der Waals surface area contributed by atoms with E-state index in [4.69, 9.17) is 15.1 Å². The van der Waals surface area contributed by atoms with E-state index in [2.05, 4.69) is 0 Å². The van der Waals surface area contributed by atoms with Crippen LogP contribution >= 0.6 is 0 Å². The molecular weight excluding hydrogens is 261 g/mol. The highest BCUT2D eigenvalue weighted by Gasteiger charge is 2.06. The highest BCUT2D eigenvalue weighted by atomic mass is 19.1. The molecule has 0 aliphatic carbocycles. The lowest BCUT2D eigenvalue weighted by atomic mass is 10.1. The number of carboxylic acid groups (broad SMARTS) is 1. The Balaban J connectivity index is 2.09. The third-order valence-corrected chi connectivity index (χ3v) is 2.69. The molecule has 0 radical (unpaired) electrons. The Labute approximate surface area is 114 Å². The van der Waals surface area contributed by atoms with E-state index >= 15 is 0 Å². The Morgan fingerprint density at radius 2 is 1.95 bits per heavy atom. The smallest absolute Gasteiger partial charge is 0.335 e. The number of nitrogens with zero attached hydrogens (tertiary/aromatic N) is 1. The van der Waals surface area contributed by atoms with E-state index in [0.29, 0.717) is 11.3 Å². The summed E-state index contributed by atoms with van der Waals surface area (Å²) >= 11 is 0. The van der Waals surface area contributed by atoms with Gasteiger partial charge in [0, 0.05) is 5.56 Å². The van der Waals surface area contributed by atoms with Crippen LogP contribution in [0.4, 0.5) is 4.39 Å². The summed E-state index contributed by atoms with van der Waals surface area (Å²) in [5, 5.41) is 17.7. The lowest BCUT2D eigenvalue weighted by molar-refractivity contribution is 0.0697. The number of benzene rings is 2. The molecule has 0 saturated heterocycles. The third kappa shape index (κ3) is 3.12. The number of hydrogen-bond acceptors (Lipinski definition) is 3. The molecular formula is C15H10FNO3. The van der Waals surface area contributed by atoms with Crippen molar-refractivity contribution >= 4 is 5.97 Å². The van der Waals surface area contributed by atoms with Gasteiger partial charge in [-0.15, -0.1) is 0 Å². The second kappa shape index (κ2) is 5.85. The topological polar surface area (TPSA) is 70.3 Å². The van der Waals surface area contributed by atoms with Gasteiger partial charge in [-0.2, -0.15) is 5.26 Å². The van der Waals surface area contributed by atoms with Crippen molar-refractivity contribution in [3.63, 3.8) is 0 Å². The Kier molecular flexibility index (Phi) is 3.96. The van der Waals surface area contributed by atoms with Crippen LogP contribution < -0.4 is 4.74 Å². The summed E-state index contributed by atoms with van der Waals surface area (Å²) in [5.74, 6) is -1.01. The first-order valence-electron chi connectivity index (χ1n) is 5.75. The molecule has 1 N–H and O–H groups in total. The molecule has 2 aromatic carbocycles. The van der Waals surface area contributed by atoms with Gasteiger partial charge in [-0.1, -0.05) is 6.07 Å². The minimum absolute atomic E-state index is 0.107. The van der Waals surface area contributed by atoms with Crippen molar-refractivity contribution in [2.45, 2.75) is 6.61 Å². The summed E-state index contributed by atoms with van der Waals surface area (Å²) in [4.78, 5) is 10.7. The van der Waals surface area contributed by atoms with Crippen LogP contribution in [0.25, 0.3) is 0 Å². The normalized spacial score (nSPS) is 9.80. The van der Waals surface area contributed by atoms with Crippen LogP contribution in [0.5, 0.6) is 5.75 Å². The maximum absolute atomic E-state index is 13.0. The molecule has 4 nitrogen and oxygen atoms in total. The predicted molar refractivity (Wildman–Crippen MR) is 68.8 cm³/mol. The van der Waals surface area contributed by atoms with E-state index in [-0.39, 0.29) is 17.7 Å². The minimum Gasteiger partial charge on any atom is -0.489 e. The molecule has 0 unspecified atom stereocenters. The first-order chi connectivity index (χ1) is 9.60. The van der Waals surface area contributed by atoms with Crippen LogP contribution in [0.3, 0.4) is 0 Å². The fraction of sp³-hybridized carbons (Fsp3) is 0.0667. The zero-order chi connectivity index (χ0) is 14.5. The van der Waals surface area contributed by atoms with Gasteiger partial charge in [-0.25, -0.2) is 9.18 Å². The van der Waals surface area contributed by atoms with Crippen LogP contribution in [0.1, 0.15) is 21.5 Å². The lowest BCUT2D eigenvalue weighted by Gasteiger charge is -2.08. The van der Waals surface area contributed by atoms with E-state index in [1.54, 1.807) is 0 Å². The first kappa shape index (κ1) is 13.6. The molecule has 0 fully saturated rings. The van der Waals surface area contributed by atoms with Gasteiger partial charge in [0.05, 0.1) is 17.2 Å². The number of aromatic carboxylic acids is 1. The maximum Gasteiger partial charge on any atom is 0.335 e. The zero-order valence-corrected chi connectivity index (χ0v) is 10.3. The van der Waals surface area contributed by atoms with Crippen LogP contribution in [0, 0.1) is 17.1 Å². The van der Waals surface area contributed by atoms with Crippen LogP contribution in [-0.4, -0.2) is 11.1 Å². The van der Waals surface area contributed by atoms with Gasteiger partial charge in [0.1, 0.15) is 18.2 Å². The van der Waals surface area contributed by atoms with Gasteiger partial charge < -0.3 is 9.84 Å². The van der Waals surface area contributed by atoms with Gasteiger partial charge >= 0.3 is 5.97 Å². The van der Waals surface area contributed by atoms with E-state index in [0.717, 1.165) is 6.07 Å². The highest BCUT2D eigenvalue weighted by Crippen LogP contribution is 2.16. The molecule has 20 heavy (non-hydrogen) atoms. The van der Waals surface area contributed by atoms with Gasteiger partial charge in [0.15, 0.2) is 0 Å². The molecule has 0 aliphatic rings. The van der Waals surface area contributed by atoms with Crippen molar-refractivity contribution in [1.29, 1.82) is 5.26 Å². The summed E-state index contributed by atoms with van der Waals surface area (Å²) in [6.45, 7) is 0.107. The monoisotopic (exact) mass is 271 g/mol. The van der Waals surface area contributed by atoms with Gasteiger partial charge in [-0.05, 0) is 36.4 Å². The molecule has 5 heteroatoms. The van der Waals surface area contributed by atoms with E-state index in [9.17, 15) is 9.18 Å². The molecule has 0 amide bonds. The number of carboxylic acids is 1. The Hall–Kier alpha value is -2.87. The average Bonchev–Trinajstić information content (AvgIpc) is 2.46. The van der Waals surface area contributed by atoms with Gasteiger partial charge in [0.2, 0.25) is 0 Å². The number of hydrogen-bond donors (Lipinski definition) is 1. The quantitative estimate of drug-likeness (QED) is 0.928. The van der Waals surface area contributed by atoms with Crippen molar-refractivity contribution in [1.82, 2.24) is 0 Å². The van der Waals surface area contributed by atoms with Crippen molar-refractivity contribution in [2.75, 3.05) is 0 Å². The number of ether oxygens (including phenoxy) is 1. The zero-order valence-electron chi connectivity index (χ0n) is 10.3. The molecule has 0 aromatic heterocycles. The average molecular weight is 271 g/mol. The Morgan fingerprint density at radius 3 is 2.55 bits per heavy atom. The molecule has 100 valence electrons. The van der Waals surface area contributed by atoms with Crippen molar-refractivity contribution in [3.8, 4) is 11.8 Å². The molecule has 0 atom stereocenters. The van der Waals surface area contributed by atoms with E-state index < -0.39 is 11.8 Å². The first-order valence-corrected chi connectivity index (χ1v) is 5.75. The standard InChI is InChI=1S/C15H10FNO3/c16-13-4-1-11(12(7-13)8-17)9-20-14-5-2-10(3-6-14)15(18)19/h1-7H,9H2,(H,18,19). The summed E-state index contributed by atoms with van der Waals surface area (Å²) in [6.07, 6.45) is 0. The van der Waals surface area contributed by atoms with Crippen molar-refractivity contribution < 1.29 is 19.0 Å². The summed E-state index contributed by atoms with van der Waals surface area (Å²) < 4.78 is 18.4. The second-order valence-electron chi connectivity index (χ2n) is 4.03. The van der Waals surface area contributed by atoms with Gasteiger partial charge in [0.25, 0.3) is 0 Å². The van der Waals surface area contributed by atoms with Crippen LogP contribution in [-0.2, 0) is 6.61 Å². The van der Waals surface area contributed by atoms with Crippen molar-refractivity contribution in [3.05, 3.63) is 65.0 Å². The van der Waals surface area contributed by atoms with E-state index in [1.807, 2.05) is 6.07 Å². The van der Waals surface area contributed by atoms with Crippen molar-refractivity contribution in [2.24, 2.45) is 0 Å². The summed E-state index contributed by atoms with van der Waals surface area (Å²) in [6, 6.07) is 11.7. The van der Waals surface area contributed by atoms with E-state index in [1.165, 1.54) is 36.4 Å². The predicted octanol–water partition coefficient (Wildman–Crippen LogP) is 2.97. The molecule has 0 bridgehead atoms. The molecule has 0 spiro atoms. The minimum atomic E-state index is -1.01. The Bertz CT molecular complexity index is 675. The number of rotatable bonds is 4. The molecule has 0 aliphatic heterocycles. The van der Waals surface area contributed by atoms with Gasteiger partial charge in [-0.3, -0.25) is 0 Å². The van der Waals surface area contributed by atoms with Crippen LogP contribution in [0.2, 0.25) is 0 Å².